The van der Waals surface area contributed by atoms with Crippen molar-refractivity contribution in [2.75, 3.05) is 13.2 Å². The normalized spacial score (nSPS) is 13.7. The number of carbonyl (C=O) groups excluding carboxylic acids is 2. The van der Waals surface area contributed by atoms with E-state index in [1.165, 1.54) is 0 Å². The highest BCUT2D eigenvalue weighted by Crippen LogP contribution is 2.23. The van der Waals surface area contributed by atoms with Gasteiger partial charge in [0.25, 0.3) is 0 Å². The minimum atomic E-state index is -0.971. The molecule has 0 saturated carbocycles. The molecule has 0 fully saturated rings. The standard InChI is InChI=1S/C15H26O5/c1-5-12(10-8-9-11(4)16)13(14(17)19-6-2)15(18)20-7-3/h5,11-13,16H,1,6-10H2,2-4H3. The van der Waals surface area contributed by atoms with Crippen LogP contribution in [0.15, 0.2) is 12.7 Å². The van der Waals surface area contributed by atoms with Crippen LogP contribution >= 0.6 is 0 Å². The summed E-state index contributed by atoms with van der Waals surface area (Å²) >= 11 is 0. The summed E-state index contributed by atoms with van der Waals surface area (Å²) in [6, 6.07) is 0. The topological polar surface area (TPSA) is 72.8 Å². The summed E-state index contributed by atoms with van der Waals surface area (Å²) in [5, 5.41) is 9.25. The second-order valence-electron chi connectivity index (χ2n) is 4.66. The Morgan fingerprint density at radius 3 is 2.00 bits per heavy atom. The number of hydrogen-bond donors (Lipinski definition) is 1. The Balaban J connectivity index is 4.80. The van der Waals surface area contributed by atoms with Crippen molar-refractivity contribution in [2.45, 2.75) is 46.1 Å². The number of aliphatic hydroxyl groups is 1. The van der Waals surface area contributed by atoms with E-state index in [9.17, 15) is 14.7 Å². The van der Waals surface area contributed by atoms with Crippen molar-refractivity contribution >= 4 is 11.9 Å². The molecule has 0 radical (unpaired) electrons. The third-order valence-electron chi connectivity index (χ3n) is 2.97. The fraction of sp³-hybridized carbons (Fsp3) is 0.733. The van der Waals surface area contributed by atoms with E-state index in [4.69, 9.17) is 9.47 Å². The molecule has 0 heterocycles. The molecule has 20 heavy (non-hydrogen) atoms. The molecule has 0 aliphatic heterocycles. The van der Waals surface area contributed by atoms with E-state index in [0.29, 0.717) is 19.3 Å². The molecule has 5 nitrogen and oxygen atoms in total. The van der Waals surface area contributed by atoms with Gasteiger partial charge in [0.1, 0.15) is 0 Å². The van der Waals surface area contributed by atoms with Gasteiger partial charge in [-0.3, -0.25) is 9.59 Å². The third kappa shape index (κ3) is 6.70. The van der Waals surface area contributed by atoms with E-state index in [0.717, 1.165) is 0 Å². The Kier molecular flexibility index (Phi) is 9.72. The Labute approximate surface area is 121 Å². The molecule has 0 aliphatic carbocycles. The Morgan fingerprint density at radius 2 is 1.65 bits per heavy atom. The van der Waals surface area contributed by atoms with E-state index in [1.807, 2.05) is 0 Å². The summed E-state index contributed by atoms with van der Waals surface area (Å²) in [5.41, 5.74) is 0. The van der Waals surface area contributed by atoms with Crippen LogP contribution in [0.2, 0.25) is 0 Å². The maximum Gasteiger partial charge on any atom is 0.320 e. The molecule has 5 heteroatoms. The molecule has 2 unspecified atom stereocenters. The molecule has 0 rings (SSSR count). The van der Waals surface area contributed by atoms with Crippen LogP contribution in [0.3, 0.4) is 0 Å². The fourth-order valence-electron chi connectivity index (χ4n) is 1.98. The summed E-state index contributed by atoms with van der Waals surface area (Å²) in [6.07, 6.45) is 3.08. The molecule has 1 N–H and O–H groups in total. The first kappa shape index (κ1) is 18.6. The monoisotopic (exact) mass is 286 g/mol. The molecule has 0 aromatic heterocycles. The second-order valence-corrected chi connectivity index (χ2v) is 4.66. The molecule has 0 saturated heterocycles. The number of hydrogen-bond acceptors (Lipinski definition) is 5. The average Bonchev–Trinajstić information content (AvgIpc) is 2.37. The fourth-order valence-corrected chi connectivity index (χ4v) is 1.98. The maximum atomic E-state index is 11.9. The number of allylic oxidation sites excluding steroid dienone is 1. The van der Waals surface area contributed by atoms with Gasteiger partial charge in [0, 0.05) is 5.92 Å². The van der Waals surface area contributed by atoms with Crippen molar-refractivity contribution < 1.29 is 24.2 Å². The van der Waals surface area contributed by atoms with Gasteiger partial charge in [-0.05, 0) is 33.6 Å². The number of esters is 2. The Hall–Kier alpha value is -1.36. The lowest BCUT2D eigenvalue weighted by molar-refractivity contribution is -0.163. The van der Waals surface area contributed by atoms with Gasteiger partial charge in [-0.2, -0.15) is 0 Å². The van der Waals surface area contributed by atoms with Gasteiger partial charge >= 0.3 is 11.9 Å². The van der Waals surface area contributed by atoms with Gasteiger partial charge in [-0.25, -0.2) is 0 Å². The number of aliphatic hydroxyl groups excluding tert-OH is 1. The predicted octanol–water partition coefficient (Wildman–Crippen LogP) is 2.08. The minimum absolute atomic E-state index is 0.215. The number of rotatable bonds is 10. The lowest BCUT2D eigenvalue weighted by Gasteiger charge is -2.21. The molecule has 0 aliphatic rings. The molecule has 2 atom stereocenters. The Morgan fingerprint density at radius 1 is 1.15 bits per heavy atom. The maximum absolute atomic E-state index is 11.9. The molecule has 0 aromatic rings. The summed E-state index contributed by atoms with van der Waals surface area (Å²) in [4.78, 5) is 23.9. The van der Waals surface area contributed by atoms with Crippen LogP contribution < -0.4 is 0 Å². The second kappa shape index (κ2) is 10.4. The van der Waals surface area contributed by atoms with Crippen LogP contribution in [-0.4, -0.2) is 36.4 Å². The van der Waals surface area contributed by atoms with Crippen LogP contribution in [0, 0.1) is 11.8 Å². The molecule has 116 valence electrons. The molecular formula is C15H26O5. The zero-order valence-electron chi connectivity index (χ0n) is 12.6. The highest BCUT2D eigenvalue weighted by atomic mass is 16.6. The van der Waals surface area contributed by atoms with E-state index in [1.54, 1.807) is 26.8 Å². The van der Waals surface area contributed by atoms with E-state index in [-0.39, 0.29) is 19.1 Å². The molecule has 0 aromatic carbocycles. The van der Waals surface area contributed by atoms with E-state index >= 15 is 0 Å². The zero-order chi connectivity index (χ0) is 15.5. The highest BCUT2D eigenvalue weighted by Gasteiger charge is 2.35. The zero-order valence-corrected chi connectivity index (χ0v) is 12.6. The van der Waals surface area contributed by atoms with Crippen molar-refractivity contribution in [2.24, 2.45) is 11.8 Å². The average molecular weight is 286 g/mol. The summed E-state index contributed by atoms with van der Waals surface area (Å²) in [5.74, 6) is -2.46. The van der Waals surface area contributed by atoms with E-state index < -0.39 is 24.0 Å². The van der Waals surface area contributed by atoms with Gasteiger partial charge in [0.2, 0.25) is 0 Å². The van der Waals surface area contributed by atoms with Crippen LogP contribution in [0.4, 0.5) is 0 Å². The van der Waals surface area contributed by atoms with Gasteiger partial charge in [-0.15, -0.1) is 6.58 Å². The highest BCUT2D eigenvalue weighted by molar-refractivity contribution is 5.95. The predicted molar refractivity (Wildman–Crippen MR) is 76.0 cm³/mol. The SMILES string of the molecule is C=CC(CCCC(C)O)C(C(=O)OCC)C(=O)OCC. The molecular weight excluding hydrogens is 260 g/mol. The first-order chi connectivity index (χ1) is 9.47. The number of ether oxygens (including phenoxy) is 2. The lowest BCUT2D eigenvalue weighted by atomic mass is 9.87. The smallest absolute Gasteiger partial charge is 0.320 e. The van der Waals surface area contributed by atoms with E-state index in [2.05, 4.69) is 6.58 Å². The first-order valence-electron chi connectivity index (χ1n) is 7.11. The summed E-state index contributed by atoms with van der Waals surface area (Å²) < 4.78 is 9.89. The van der Waals surface area contributed by atoms with Gasteiger partial charge in [0.15, 0.2) is 5.92 Å². The van der Waals surface area contributed by atoms with Crippen LogP contribution in [-0.2, 0) is 19.1 Å². The van der Waals surface area contributed by atoms with Crippen LogP contribution in [0.5, 0.6) is 0 Å². The van der Waals surface area contributed by atoms with Crippen molar-refractivity contribution in [1.82, 2.24) is 0 Å². The van der Waals surface area contributed by atoms with Crippen molar-refractivity contribution in [3.63, 3.8) is 0 Å². The van der Waals surface area contributed by atoms with Gasteiger partial charge in [-0.1, -0.05) is 12.5 Å². The lowest BCUT2D eigenvalue weighted by Crippen LogP contribution is -2.34. The minimum Gasteiger partial charge on any atom is -0.465 e. The van der Waals surface area contributed by atoms with Gasteiger partial charge in [0.05, 0.1) is 19.3 Å². The summed E-state index contributed by atoms with van der Waals surface area (Å²) in [6.45, 7) is 9.20. The molecule has 0 spiro atoms. The van der Waals surface area contributed by atoms with Crippen molar-refractivity contribution in [3.05, 3.63) is 12.7 Å². The summed E-state index contributed by atoms with van der Waals surface area (Å²) in [7, 11) is 0. The molecule has 0 amide bonds. The number of carbonyl (C=O) groups is 2. The van der Waals surface area contributed by atoms with Crippen LogP contribution in [0.1, 0.15) is 40.0 Å². The third-order valence-corrected chi connectivity index (χ3v) is 2.97. The quantitative estimate of drug-likeness (QED) is 0.378. The molecule has 0 bridgehead atoms. The largest absolute Gasteiger partial charge is 0.465 e. The van der Waals surface area contributed by atoms with Crippen LogP contribution in [0.25, 0.3) is 0 Å². The van der Waals surface area contributed by atoms with Gasteiger partial charge < -0.3 is 14.6 Å². The first-order valence-corrected chi connectivity index (χ1v) is 7.11. The Bertz CT molecular complexity index is 293. The van der Waals surface area contributed by atoms with Crippen molar-refractivity contribution in [3.8, 4) is 0 Å². The van der Waals surface area contributed by atoms with Crippen molar-refractivity contribution in [1.29, 1.82) is 0 Å².